The van der Waals surface area contributed by atoms with Crippen LogP contribution in [0.4, 0.5) is 0 Å². The Morgan fingerprint density at radius 2 is 1.17 bits per heavy atom. The first-order valence-corrected chi connectivity index (χ1v) is 9.63. The maximum absolute atomic E-state index is 10.1. The summed E-state index contributed by atoms with van der Waals surface area (Å²) in [5.74, 6) is 0. The second-order valence-electron chi connectivity index (χ2n) is 6.47. The zero-order valence-corrected chi connectivity index (χ0v) is 15.7. The van der Waals surface area contributed by atoms with Crippen LogP contribution in [-0.2, 0) is 0 Å². The minimum Gasteiger partial charge on any atom is -0.395 e. The first-order chi connectivity index (χ1) is 11.6. The molecule has 0 aromatic rings. The molecule has 0 saturated carbocycles. The molecule has 0 rings (SSSR count). The molecule has 0 spiro atoms. The van der Waals surface area contributed by atoms with Crippen LogP contribution >= 0.6 is 0 Å². The highest BCUT2D eigenvalue weighted by atomic mass is 16.3. The third-order valence-electron chi connectivity index (χ3n) is 3.93. The standard InChI is InChI=1S/C20H39NO3/c1-3-5-7-9-11-13-19(23)17-21(15-16-22)18-20(24)14-12-10-8-6-4-2/h7-10,19-20,22-24H,3-6,11-18H2,1-2H3/b9-7+,10-8+. The van der Waals surface area contributed by atoms with Crippen molar-refractivity contribution in [2.75, 3.05) is 26.2 Å². The van der Waals surface area contributed by atoms with Gasteiger partial charge in [-0.25, -0.2) is 0 Å². The number of aliphatic hydroxyl groups excluding tert-OH is 3. The van der Waals surface area contributed by atoms with Crippen molar-refractivity contribution in [2.24, 2.45) is 0 Å². The molecule has 2 atom stereocenters. The smallest absolute Gasteiger partial charge is 0.0670 e. The maximum Gasteiger partial charge on any atom is 0.0670 e. The molecule has 0 aromatic carbocycles. The molecule has 0 fully saturated rings. The van der Waals surface area contributed by atoms with Gasteiger partial charge in [0.2, 0.25) is 0 Å². The Hall–Kier alpha value is -0.680. The van der Waals surface area contributed by atoms with Crippen LogP contribution in [0.5, 0.6) is 0 Å². The molecule has 3 N–H and O–H groups in total. The largest absolute Gasteiger partial charge is 0.395 e. The molecule has 4 nitrogen and oxygen atoms in total. The van der Waals surface area contributed by atoms with Gasteiger partial charge in [-0.2, -0.15) is 0 Å². The van der Waals surface area contributed by atoms with Gasteiger partial charge < -0.3 is 15.3 Å². The van der Waals surface area contributed by atoms with Gasteiger partial charge in [0.15, 0.2) is 0 Å². The molecule has 0 amide bonds. The van der Waals surface area contributed by atoms with Crippen molar-refractivity contribution in [1.82, 2.24) is 4.90 Å². The number of hydrogen-bond acceptors (Lipinski definition) is 4. The zero-order valence-electron chi connectivity index (χ0n) is 15.7. The second kappa shape index (κ2) is 17.2. The average Bonchev–Trinajstić information content (AvgIpc) is 2.54. The van der Waals surface area contributed by atoms with Gasteiger partial charge in [-0.3, -0.25) is 4.90 Å². The molecule has 24 heavy (non-hydrogen) atoms. The third kappa shape index (κ3) is 14.9. The Kier molecular flexibility index (Phi) is 16.7. The van der Waals surface area contributed by atoms with E-state index in [9.17, 15) is 15.3 Å². The Morgan fingerprint density at radius 1 is 0.750 bits per heavy atom. The topological polar surface area (TPSA) is 63.9 Å². The predicted octanol–water partition coefficient (Wildman–Crippen LogP) is 3.28. The van der Waals surface area contributed by atoms with E-state index in [0.29, 0.717) is 19.6 Å². The van der Waals surface area contributed by atoms with Crippen molar-refractivity contribution in [3.63, 3.8) is 0 Å². The van der Waals surface area contributed by atoms with Crippen molar-refractivity contribution in [3.05, 3.63) is 24.3 Å². The highest BCUT2D eigenvalue weighted by molar-refractivity contribution is 4.83. The van der Waals surface area contributed by atoms with Crippen LogP contribution in [0.3, 0.4) is 0 Å². The molecule has 4 heteroatoms. The minimum absolute atomic E-state index is 0.0479. The Bertz CT molecular complexity index is 290. The fourth-order valence-electron chi connectivity index (χ4n) is 2.56. The van der Waals surface area contributed by atoms with Gasteiger partial charge in [-0.05, 0) is 38.5 Å². The number of hydrogen-bond donors (Lipinski definition) is 3. The van der Waals surface area contributed by atoms with Crippen LogP contribution in [0.1, 0.15) is 65.2 Å². The molecule has 2 unspecified atom stereocenters. The van der Waals surface area contributed by atoms with Gasteiger partial charge in [0, 0.05) is 19.6 Å². The molecule has 0 heterocycles. The summed E-state index contributed by atoms with van der Waals surface area (Å²) in [6, 6.07) is 0. The van der Waals surface area contributed by atoms with E-state index in [4.69, 9.17) is 0 Å². The Balaban J connectivity index is 4.04. The lowest BCUT2D eigenvalue weighted by Crippen LogP contribution is -2.39. The molecule has 0 aliphatic carbocycles. The molecule has 0 aromatic heterocycles. The van der Waals surface area contributed by atoms with Crippen LogP contribution < -0.4 is 0 Å². The lowest BCUT2D eigenvalue weighted by atomic mass is 10.1. The number of aliphatic hydroxyl groups is 3. The van der Waals surface area contributed by atoms with Gasteiger partial charge in [0.05, 0.1) is 18.8 Å². The first kappa shape index (κ1) is 23.3. The molecular formula is C20H39NO3. The van der Waals surface area contributed by atoms with E-state index in [0.717, 1.165) is 51.4 Å². The van der Waals surface area contributed by atoms with Crippen LogP contribution in [-0.4, -0.2) is 58.7 Å². The highest BCUT2D eigenvalue weighted by Gasteiger charge is 2.14. The van der Waals surface area contributed by atoms with Crippen molar-refractivity contribution in [3.8, 4) is 0 Å². The van der Waals surface area contributed by atoms with Crippen LogP contribution in [0.15, 0.2) is 24.3 Å². The third-order valence-corrected chi connectivity index (χ3v) is 3.93. The Morgan fingerprint density at radius 3 is 1.54 bits per heavy atom. The van der Waals surface area contributed by atoms with Gasteiger partial charge >= 0.3 is 0 Å². The van der Waals surface area contributed by atoms with Gasteiger partial charge in [-0.1, -0.05) is 51.0 Å². The molecule has 0 radical (unpaired) electrons. The lowest BCUT2D eigenvalue weighted by molar-refractivity contribution is 0.0544. The number of allylic oxidation sites excluding steroid dienone is 4. The maximum atomic E-state index is 10.1. The SMILES string of the molecule is CCC/C=C/CCC(O)CN(CCO)CC(O)CC/C=C/CCC. The zero-order chi connectivity index (χ0) is 18.0. The van der Waals surface area contributed by atoms with E-state index < -0.39 is 12.2 Å². The normalized spacial score (nSPS) is 14.9. The number of nitrogens with zero attached hydrogens (tertiary/aromatic N) is 1. The van der Waals surface area contributed by atoms with Gasteiger partial charge in [-0.15, -0.1) is 0 Å². The van der Waals surface area contributed by atoms with Crippen molar-refractivity contribution >= 4 is 0 Å². The average molecular weight is 342 g/mol. The molecule has 0 aliphatic rings. The first-order valence-electron chi connectivity index (χ1n) is 9.63. The quantitative estimate of drug-likeness (QED) is 0.377. The summed E-state index contributed by atoms with van der Waals surface area (Å²) in [5.41, 5.74) is 0. The van der Waals surface area contributed by atoms with Crippen molar-refractivity contribution in [2.45, 2.75) is 77.4 Å². The van der Waals surface area contributed by atoms with Gasteiger partial charge in [0.1, 0.15) is 0 Å². The fraction of sp³-hybridized carbons (Fsp3) is 0.800. The highest BCUT2D eigenvalue weighted by Crippen LogP contribution is 2.06. The summed E-state index contributed by atoms with van der Waals surface area (Å²) in [4.78, 5) is 1.96. The molecule has 0 bridgehead atoms. The van der Waals surface area contributed by atoms with E-state index in [1.165, 1.54) is 0 Å². The fourth-order valence-corrected chi connectivity index (χ4v) is 2.56. The lowest BCUT2D eigenvalue weighted by Gasteiger charge is -2.26. The van der Waals surface area contributed by atoms with E-state index in [-0.39, 0.29) is 6.61 Å². The number of rotatable bonds is 16. The van der Waals surface area contributed by atoms with E-state index >= 15 is 0 Å². The number of unbranched alkanes of at least 4 members (excludes halogenated alkanes) is 2. The van der Waals surface area contributed by atoms with E-state index in [1.807, 2.05) is 4.90 Å². The molecule has 0 aliphatic heterocycles. The second-order valence-corrected chi connectivity index (χ2v) is 6.47. The van der Waals surface area contributed by atoms with Crippen molar-refractivity contribution in [1.29, 1.82) is 0 Å². The molecule has 142 valence electrons. The summed E-state index contributed by atoms with van der Waals surface area (Å²) in [7, 11) is 0. The van der Waals surface area contributed by atoms with E-state index in [2.05, 4.69) is 38.2 Å². The van der Waals surface area contributed by atoms with E-state index in [1.54, 1.807) is 0 Å². The van der Waals surface area contributed by atoms with Gasteiger partial charge in [0.25, 0.3) is 0 Å². The minimum atomic E-state index is -0.417. The predicted molar refractivity (Wildman–Crippen MR) is 102 cm³/mol. The Labute approximate surface area is 148 Å². The monoisotopic (exact) mass is 341 g/mol. The summed E-state index contributed by atoms with van der Waals surface area (Å²) in [6.45, 7) is 5.85. The van der Waals surface area contributed by atoms with Crippen LogP contribution in [0.2, 0.25) is 0 Å². The van der Waals surface area contributed by atoms with Crippen molar-refractivity contribution < 1.29 is 15.3 Å². The van der Waals surface area contributed by atoms with Crippen LogP contribution in [0, 0.1) is 0 Å². The summed E-state index contributed by atoms with van der Waals surface area (Å²) in [6.07, 6.45) is 15.4. The van der Waals surface area contributed by atoms with Crippen LogP contribution in [0.25, 0.3) is 0 Å². The summed E-state index contributed by atoms with van der Waals surface area (Å²) >= 11 is 0. The summed E-state index contributed by atoms with van der Waals surface area (Å²) in [5, 5.41) is 29.5. The molecular weight excluding hydrogens is 302 g/mol. The molecule has 0 saturated heterocycles. The summed E-state index contributed by atoms with van der Waals surface area (Å²) < 4.78 is 0.